The van der Waals surface area contributed by atoms with E-state index in [-0.39, 0.29) is 12.1 Å². The van der Waals surface area contributed by atoms with Crippen molar-refractivity contribution >= 4 is 0 Å². The van der Waals surface area contributed by atoms with Crippen LogP contribution >= 0.6 is 0 Å². The molecule has 0 fully saturated rings. The van der Waals surface area contributed by atoms with Crippen LogP contribution in [0.25, 0.3) is 0 Å². The summed E-state index contributed by atoms with van der Waals surface area (Å²) in [6, 6.07) is 18.8. The Balaban J connectivity index is 1.71. The van der Waals surface area contributed by atoms with Gasteiger partial charge in [-0.1, -0.05) is 55.5 Å². The van der Waals surface area contributed by atoms with Gasteiger partial charge in [0.15, 0.2) is 0 Å². The molecule has 0 saturated heterocycles. The molecule has 0 radical (unpaired) electrons. The van der Waals surface area contributed by atoms with Crippen molar-refractivity contribution in [3.63, 3.8) is 0 Å². The molecule has 0 amide bonds. The van der Waals surface area contributed by atoms with Crippen molar-refractivity contribution in [1.29, 1.82) is 0 Å². The lowest BCUT2D eigenvalue weighted by molar-refractivity contribution is 0.143. The molecule has 2 nitrogen and oxygen atoms in total. The monoisotopic (exact) mass is 267 g/mol. The molecule has 0 bridgehead atoms. The van der Waals surface area contributed by atoms with Crippen LogP contribution in [0.5, 0.6) is 5.75 Å². The molecule has 20 heavy (non-hydrogen) atoms. The highest BCUT2D eigenvalue weighted by Gasteiger charge is 2.26. The summed E-state index contributed by atoms with van der Waals surface area (Å²) < 4.78 is 6.11. The lowest BCUT2D eigenvalue weighted by Gasteiger charge is -2.31. The standard InChI is InChI=1S/C18H21NO/c1-13(14-7-3-2-4-8-14)11-15-12-17(19)16-9-5-6-10-18(16)20-15/h2-10,13,15,17H,11-12,19H2,1H3. The second kappa shape index (κ2) is 5.68. The normalized spacial score (nSPS) is 22.7. The topological polar surface area (TPSA) is 35.2 Å². The van der Waals surface area contributed by atoms with E-state index in [0.717, 1.165) is 24.2 Å². The molecule has 0 aromatic heterocycles. The van der Waals surface area contributed by atoms with Gasteiger partial charge >= 0.3 is 0 Å². The molecule has 2 aromatic rings. The lowest BCUT2D eigenvalue weighted by atomic mass is 9.89. The van der Waals surface area contributed by atoms with Gasteiger partial charge in [-0.3, -0.25) is 0 Å². The van der Waals surface area contributed by atoms with Crippen LogP contribution in [0.3, 0.4) is 0 Å². The maximum Gasteiger partial charge on any atom is 0.124 e. The molecule has 3 unspecified atom stereocenters. The van der Waals surface area contributed by atoms with E-state index in [1.165, 1.54) is 5.56 Å². The van der Waals surface area contributed by atoms with Gasteiger partial charge in [0.2, 0.25) is 0 Å². The zero-order valence-corrected chi connectivity index (χ0v) is 11.8. The number of ether oxygens (including phenoxy) is 1. The van der Waals surface area contributed by atoms with Crippen molar-refractivity contribution in [2.24, 2.45) is 5.73 Å². The van der Waals surface area contributed by atoms with Crippen molar-refractivity contribution in [1.82, 2.24) is 0 Å². The van der Waals surface area contributed by atoms with Gasteiger partial charge in [0.1, 0.15) is 11.9 Å². The maximum atomic E-state index is 6.27. The van der Waals surface area contributed by atoms with E-state index in [2.05, 4.69) is 43.3 Å². The average Bonchev–Trinajstić information content (AvgIpc) is 2.48. The summed E-state index contributed by atoms with van der Waals surface area (Å²) in [7, 11) is 0. The van der Waals surface area contributed by atoms with Gasteiger partial charge in [-0.05, 0) is 24.0 Å². The molecule has 2 aromatic carbocycles. The van der Waals surface area contributed by atoms with Crippen molar-refractivity contribution in [2.75, 3.05) is 0 Å². The summed E-state index contributed by atoms with van der Waals surface area (Å²) >= 11 is 0. The minimum absolute atomic E-state index is 0.0907. The zero-order valence-electron chi connectivity index (χ0n) is 11.8. The van der Waals surface area contributed by atoms with E-state index in [1.54, 1.807) is 0 Å². The summed E-state index contributed by atoms with van der Waals surface area (Å²) in [6.07, 6.45) is 2.11. The molecule has 0 saturated carbocycles. The minimum Gasteiger partial charge on any atom is -0.490 e. The van der Waals surface area contributed by atoms with Crippen molar-refractivity contribution in [2.45, 2.75) is 37.8 Å². The number of rotatable bonds is 3. The summed E-state index contributed by atoms with van der Waals surface area (Å²) in [5.74, 6) is 1.44. The van der Waals surface area contributed by atoms with Crippen LogP contribution in [0, 0.1) is 0 Å². The van der Waals surface area contributed by atoms with Gasteiger partial charge in [-0.2, -0.15) is 0 Å². The number of fused-ring (bicyclic) bond motifs is 1. The van der Waals surface area contributed by atoms with E-state index in [4.69, 9.17) is 10.5 Å². The Morgan fingerprint density at radius 3 is 2.60 bits per heavy atom. The lowest BCUT2D eigenvalue weighted by Crippen LogP contribution is -2.30. The Hall–Kier alpha value is -1.80. The van der Waals surface area contributed by atoms with Crippen molar-refractivity contribution in [3.8, 4) is 5.75 Å². The average molecular weight is 267 g/mol. The third kappa shape index (κ3) is 2.70. The van der Waals surface area contributed by atoms with Crippen LogP contribution in [0.1, 0.15) is 42.9 Å². The van der Waals surface area contributed by atoms with E-state index in [9.17, 15) is 0 Å². The fourth-order valence-electron chi connectivity index (χ4n) is 2.99. The Bertz CT molecular complexity index is 567. The van der Waals surface area contributed by atoms with Crippen molar-refractivity contribution < 1.29 is 4.74 Å². The Morgan fingerprint density at radius 1 is 1.10 bits per heavy atom. The van der Waals surface area contributed by atoms with Crippen LogP contribution in [-0.2, 0) is 0 Å². The predicted octanol–water partition coefficient (Wildman–Crippen LogP) is 4.03. The first-order chi connectivity index (χ1) is 9.74. The van der Waals surface area contributed by atoms with Gasteiger partial charge in [0.05, 0.1) is 0 Å². The van der Waals surface area contributed by atoms with E-state index in [1.807, 2.05) is 18.2 Å². The summed E-state index contributed by atoms with van der Waals surface area (Å²) in [5.41, 5.74) is 8.77. The fourth-order valence-corrected chi connectivity index (χ4v) is 2.99. The van der Waals surface area contributed by atoms with Crippen LogP contribution < -0.4 is 10.5 Å². The Kier molecular flexibility index (Phi) is 3.75. The molecule has 104 valence electrons. The van der Waals surface area contributed by atoms with Crippen molar-refractivity contribution in [3.05, 3.63) is 65.7 Å². The maximum absolute atomic E-state index is 6.27. The molecule has 0 spiro atoms. The molecule has 2 N–H and O–H groups in total. The smallest absolute Gasteiger partial charge is 0.124 e. The second-order valence-corrected chi connectivity index (χ2v) is 5.67. The van der Waals surface area contributed by atoms with Gasteiger partial charge in [0, 0.05) is 18.0 Å². The number of hydrogen-bond acceptors (Lipinski definition) is 2. The molecule has 3 rings (SSSR count). The van der Waals surface area contributed by atoms with E-state index in [0.29, 0.717) is 5.92 Å². The molecule has 1 aliphatic rings. The third-order valence-corrected chi connectivity index (χ3v) is 4.11. The highest BCUT2D eigenvalue weighted by molar-refractivity contribution is 5.37. The van der Waals surface area contributed by atoms with Gasteiger partial charge in [-0.25, -0.2) is 0 Å². The molecular formula is C18H21NO. The molecule has 1 aliphatic heterocycles. The van der Waals surface area contributed by atoms with Gasteiger partial charge in [-0.15, -0.1) is 0 Å². The fraction of sp³-hybridized carbons (Fsp3) is 0.333. The third-order valence-electron chi connectivity index (χ3n) is 4.11. The first-order valence-electron chi connectivity index (χ1n) is 7.30. The van der Waals surface area contributed by atoms with Crippen LogP contribution in [0.15, 0.2) is 54.6 Å². The molecule has 3 atom stereocenters. The number of benzene rings is 2. The van der Waals surface area contributed by atoms with E-state index < -0.39 is 0 Å². The van der Waals surface area contributed by atoms with Crippen LogP contribution in [0.4, 0.5) is 0 Å². The molecular weight excluding hydrogens is 246 g/mol. The van der Waals surface area contributed by atoms with Crippen LogP contribution in [0.2, 0.25) is 0 Å². The largest absolute Gasteiger partial charge is 0.490 e. The predicted molar refractivity (Wildman–Crippen MR) is 81.9 cm³/mol. The molecule has 2 heteroatoms. The summed E-state index contributed by atoms with van der Waals surface area (Å²) in [5, 5.41) is 0. The zero-order chi connectivity index (χ0) is 13.9. The highest BCUT2D eigenvalue weighted by Crippen LogP contribution is 2.36. The first kappa shape index (κ1) is 13.2. The minimum atomic E-state index is 0.0907. The van der Waals surface area contributed by atoms with Gasteiger partial charge < -0.3 is 10.5 Å². The molecule has 0 aliphatic carbocycles. The van der Waals surface area contributed by atoms with Crippen LogP contribution in [-0.4, -0.2) is 6.10 Å². The summed E-state index contributed by atoms with van der Waals surface area (Å²) in [6.45, 7) is 2.25. The molecule has 1 heterocycles. The van der Waals surface area contributed by atoms with E-state index >= 15 is 0 Å². The van der Waals surface area contributed by atoms with Gasteiger partial charge in [0.25, 0.3) is 0 Å². The number of para-hydroxylation sites is 1. The number of nitrogens with two attached hydrogens (primary N) is 1. The SMILES string of the molecule is CC(CC1CC(N)c2ccccc2O1)c1ccccc1. The Morgan fingerprint density at radius 2 is 1.80 bits per heavy atom. The quantitative estimate of drug-likeness (QED) is 0.911. The Labute approximate surface area is 120 Å². The second-order valence-electron chi connectivity index (χ2n) is 5.67. The first-order valence-corrected chi connectivity index (χ1v) is 7.30. The highest BCUT2D eigenvalue weighted by atomic mass is 16.5. The number of hydrogen-bond donors (Lipinski definition) is 1. The summed E-state index contributed by atoms with van der Waals surface area (Å²) in [4.78, 5) is 0.